The van der Waals surface area contributed by atoms with Gasteiger partial charge in [-0.15, -0.1) is 22.7 Å². The fraction of sp³-hybridized carbons (Fsp3) is 0.421. The van der Waals surface area contributed by atoms with Crippen molar-refractivity contribution in [2.45, 2.75) is 25.3 Å². The number of imide groups is 1. The Kier molecular flexibility index (Phi) is 5.01. The topological polar surface area (TPSA) is 60.9 Å². The second-order valence-corrected chi connectivity index (χ2v) is 8.82. The monoisotopic (exact) mass is 403 g/mol. The third-order valence-corrected chi connectivity index (χ3v) is 7.02. The van der Waals surface area contributed by atoms with Gasteiger partial charge in [0.15, 0.2) is 0 Å². The molecule has 1 fully saturated rings. The Morgan fingerprint density at radius 2 is 2.07 bits per heavy atom. The Balaban J connectivity index is 1.43. The highest BCUT2D eigenvalue weighted by atomic mass is 32.1. The van der Waals surface area contributed by atoms with Gasteiger partial charge in [-0.3, -0.25) is 14.5 Å². The summed E-state index contributed by atoms with van der Waals surface area (Å²) in [6.45, 7) is 1.13. The smallest absolute Gasteiger partial charge is 0.326 e. The molecule has 0 bridgehead atoms. The molecule has 2 aliphatic rings. The first kappa shape index (κ1) is 18.2. The van der Waals surface area contributed by atoms with E-state index in [2.05, 4.69) is 17.5 Å². The summed E-state index contributed by atoms with van der Waals surface area (Å²) in [6.07, 6.45) is 1.71. The van der Waals surface area contributed by atoms with Crippen LogP contribution < -0.4 is 0 Å². The third kappa shape index (κ3) is 3.39. The summed E-state index contributed by atoms with van der Waals surface area (Å²) in [4.78, 5) is 43.9. The van der Waals surface area contributed by atoms with Crippen molar-refractivity contribution in [3.05, 3.63) is 44.3 Å². The lowest BCUT2D eigenvalue weighted by atomic mass is 9.98. The number of carbonyl (C=O) groups excluding carboxylic acids is 3. The highest BCUT2D eigenvalue weighted by molar-refractivity contribution is 7.10. The fourth-order valence-corrected chi connectivity index (χ4v) is 5.52. The number of fused-ring (bicyclic) bond motifs is 1. The average molecular weight is 404 g/mol. The number of nitrogens with zero attached hydrogens (tertiary/aromatic N) is 3. The van der Waals surface area contributed by atoms with Crippen LogP contribution in [0.3, 0.4) is 0 Å². The zero-order valence-corrected chi connectivity index (χ0v) is 16.7. The highest BCUT2D eigenvalue weighted by Gasteiger charge is 2.35. The van der Waals surface area contributed by atoms with Crippen molar-refractivity contribution < 1.29 is 14.4 Å². The van der Waals surface area contributed by atoms with Crippen LogP contribution in [0.4, 0.5) is 4.79 Å². The molecule has 0 aromatic carbocycles. The Bertz CT molecular complexity index is 861. The van der Waals surface area contributed by atoms with Crippen LogP contribution in [0.15, 0.2) is 29.0 Å². The highest BCUT2D eigenvalue weighted by Crippen LogP contribution is 2.39. The predicted octanol–water partition coefficient (Wildman–Crippen LogP) is 2.96. The fourth-order valence-electron chi connectivity index (χ4n) is 3.76. The van der Waals surface area contributed by atoms with E-state index in [1.54, 1.807) is 29.7 Å². The Hall–Kier alpha value is -2.19. The minimum Gasteiger partial charge on any atom is -0.330 e. The summed E-state index contributed by atoms with van der Waals surface area (Å²) in [7, 11) is 1.61. The molecular weight excluding hydrogens is 382 g/mol. The van der Waals surface area contributed by atoms with E-state index in [-0.39, 0.29) is 30.4 Å². The molecule has 2 aromatic rings. The lowest BCUT2D eigenvalue weighted by Crippen LogP contribution is -2.40. The van der Waals surface area contributed by atoms with E-state index < -0.39 is 0 Å². The quantitative estimate of drug-likeness (QED) is 0.721. The molecule has 0 radical (unpaired) electrons. The normalized spacial score (nSPS) is 19.7. The van der Waals surface area contributed by atoms with Crippen LogP contribution in [0.25, 0.3) is 0 Å². The van der Waals surface area contributed by atoms with Crippen molar-refractivity contribution >= 4 is 40.5 Å². The van der Waals surface area contributed by atoms with Crippen molar-refractivity contribution in [3.8, 4) is 0 Å². The largest absolute Gasteiger partial charge is 0.330 e. The molecule has 4 amide bonds. The van der Waals surface area contributed by atoms with Crippen LogP contribution in [0.2, 0.25) is 0 Å². The molecular formula is C19H21N3O3S2. The molecule has 27 heavy (non-hydrogen) atoms. The number of carbonyl (C=O) groups is 3. The van der Waals surface area contributed by atoms with E-state index >= 15 is 0 Å². The molecule has 0 N–H and O–H groups in total. The standard InChI is InChI=1S/C19H21N3O3S2/c1-20-12-17(24)22(19(20)25)8-2-5-16(23)21-9-6-14-13(7-11-27-14)18(21)15-4-3-10-26-15/h3-4,7,10-11,18H,2,5-6,8-9,12H2,1H3/t18-/m0/s1. The van der Waals surface area contributed by atoms with E-state index in [0.29, 0.717) is 25.9 Å². The number of hydrogen-bond donors (Lipinski definition) is 0. The van der Waals surface area contributed by atoms with Gasteiger partial charge in [-0.05, 0) is 41.3 Å². The predicted molar refractivity (Wildman–Crippen MR) is 105 cm³/mol. The summed E-state index contributed by atoms with van der Waals surface area (Å²) in [5, 5.41) is 4.14. The summed E-state index contributed by atoms with van der Waals surface area (Å²) < 4.78 is 0. The summed E-state index contributed by atoms with van der Waals surface area (Å²) in [6, 6.07) is 5.93. The molecule has 0 spiro atoms. The second kappa shape index (κ2) is 7.44. The van der Waals surface area contributed by atoms with E-state index in [1.165, 1.54) is 25.1 Å². The van der Waals surface area contributed by atoms with Crippen LogP contribution in [0.1, 0.15) is 34.2 Å². The first-order chi connectivity index (χ1) is 13.1. The molecule has 4 heterocycles. The number of urea groups is 1. The lowest BCUT2D eigenvalue weighted by Gasteiger charge is -2.35. The maximum atomic E-state index is 13.0. The van der Waals surface area contributed by atoms with E-state index in [1.807, 2.05) is 16.3 Å². The molecule has 2 aromatic heterocycles. The zero-order chi connectivity index (χ0) is 19.0. The first-order valence-electron chi connectivity index (χ1n) is 9.01. The van der Waals surface area contributed by atoms with Gasteiger partial charge in [-0.1, -0.05) is 6.07 Å². The minimum absolute atomic E-state index is 0.0197. The van der Waals surface area contributed by atoms with Gasteiger partial charge in [0.05, 0.1) is 6.04 Å². The van der Waals surface area contributed by atoms with Gasteiger partial charge in [0, 0.05) is 36.3 Å². The summed E-state index contributed by atoms with van der Waals surface area (Å²) >= 11 is 3.43. The first-order valence-corrected chi connectivity index (χ1v) is 10.8. The number of hydrogen-bond acceptors (Lipinski definition) is 5. The van der Waals surface area contributed by atoms with Crippen LogP contribution in [-0.2, 0) is 16.0 Å². The summed E-state index contributed by atoms with van der Waals surface area (Å²) in [5.74, 6) is -0.106. The Labute approximate surface area is 166 Å². The molecule has 0 unspecified atom stereocenters. The van der Waals surface area contributed by atoms with Crippen molar-refractivity contribution in [2.24, 2.45) is 0 Å². The number of likely N-dealkylation sites (N-methyl/N-ethyl adjacent to an activating group) is 1. The van der Waals surface area contributed by atoms with Crippen LogP contribution >= 0.6 is 22.7 Å². The van der Waals surface area contributed by atoms with Crippen LogP contribution in [0.5, 0.6) is 0 Å². The molecule has 6 nitrogen and oxygen atoms in total. The van der Waals surface area contributed by atoms with Crippen molar-refractivity contribution in [1.29, 1.82) is 0 Å². The van der Waals surface area contributed by atoms with Crippen molar-refractivity contribution in [2.75, 3.05) is 26.7 Å². The van der Waals surface area contributed by atoms with Gasteiger partial charge in [-0.25, -0.2) is 4.79 Å². The van der Waals surface area contributed by atoms with Crippen molar-refractivity contribution in [3.63, 3.8) is 0 Å². The van der Waals surface area contributed by atoms with Gasteiger partial charge in [-0.2, -0.15) is 0 Å². The average Bonchev–Trinajstić information content (AvgIpc) is 3.38. The second-order valence-electron chi connectivity index (χ2n) is 6.84. The van der Waals surface area contributed by atoms with Gasteiger partial charge >= 0.3 is 6.03 Å². The van der Waals surface area contributed by atoms with Gasteiger partial charge in [0.1, 0.15) is 6.54 Å². The Morgan fingerprint density at radius 1 is 1.22 bits per heavy atom. The van der Waals surface area contributed by atoms with Crippen molar-refractivity contribution in [1.82, 2.24) is 14.7 Å². The molecule has 1 saturated heterocycles. The van der Waals surface area contributed by atoms with Crippen LogP contribution in [0, 0.1) is 0 Å². The summed E-state index contributed by atoms with van der Waals surface area (Å²) in [5.41, 5.74) is 1.23. The van der Waals surface area contributed by atoms with E-state index in [9.17, 15) is 14.4 Å². The SMILES string of the molecule is CN1CC(=O)N(CCCC(=O)N2CCc3sccc3[C@H]2c2cccs2)C1=O. The molecule has 0 saturated carbocycles. The molecule has 4 rings (SSSR count). The third-order valence-electron chi connectivity index (χ3n) is 5.10. The van der Waals surface area contributed by atoms with Crippen LogP contribution in [-0.4, -0.2) is 59.2 Å². The number of rotatable bonds is 5. The molecule has 8 heteroatoms. The maximum absolute atomic E-state index is 13.0. The molecule has 2 aliphatic heterocycles. The van der Waals surface area contributed by atoms with Gasteiger partial charge < -0.3 is 9.80 Å². The lowest BCUT2D eigenvalue weighted by molar-refractivity contribution is -0.134. The number of amides is 4. The molecule has 142 valence electrons. The van der Waals surface area contributed by atoms with E-state index in [0.717, 1.165) is 6.42 Å². The van der Waals surface area contributed by atoms with Gasteiger partial charge in [0.25, 0.3) is 0 Å². The maximum Gasteiger partial charge on any atom is 0.326 e. The Morgan fingerprint density at radius 3 is 2.78 bits per heavy atom. The van der Waals surface area contributed by atoms with Gasteiger partial charge in [0.2, 0.25) is 11.8 Å². The molecule has 0 aliphatic carbocycles. The number of thiophene rings is 2. The molecule has 1 atom stereocenters. The minimum atomic E-state index is -0.273. The zero-order valence-electron chi connectivity index (χ0n) is 15.1. The van der Waals surface area contributed by atoms with E-state index in [4.69, 9.17) is 0 Å².